The minimum atomic E-state index is 0.569. The first-order valence-corrected chi connectivity index (χ1v) is 6.15. The summed E-state index contributed by atoms with van der Waals surface area (Å²) >= 11 is 9.38. The Kier molecular flexibility index (Phi) is 4.76. The van der Waals surface area contributed by atoms with Crippen molar-refractivity contribution in [1.82, 2.24) is 0 Å². The molecule has 1 aromatic carbocycles. The van der Waals surface area contributed by atoms with Crippen molar-refractivity contribution in [3.63, 3.8) is 0 Å². The summed E-state index contributed by atoms with van der Waals surface area (Å²) in [6.45, 7) is 6.33. The summed E-state index contributed by atoms with van der Waals surface area (Å²) in [7, 11) is 0. The summed E-state index contributed by atoms with van der Waals surface area (Å²) in [4.78, 5) is 2.31. The third-order valence-corrected chi connectivity index (χ3v) is 3.08. The molecule has 0 atom stereocenters. The number of nitrogens with zero attached hydrogens (tertiary/aromatic N) is 1. The zero-order chi connectivity index (χ0) is 10.6. The Morgan fingerprint density at radius 3 is 2.43 bits per heavy atom. The van der Waals surface area contributed by atoms with Crippen LogP contribution in [0.4, 0.5) is 5.69 Å². The lowest BCUT2D eigenvalue weighted by molar-refractivity contribution is 0.860. The quantitative estimate of drug-likeness (QED) is 0.750. The second-order valence-electron chi connectivity index (χ2n) is 3.08. The van der Waals surface area contributed by atoms with E-state index in [1.165, 1.54) is 11.3 Å². The van der Waals surface area contributed by atoms with E-state index in [1.807, 2.05) is 6.07 Å². The fourth-order valence-electron chi connectivity index (χ4n) is 1.51. The molecule has 0 saturated heterocycles. The maximum atomic E-state index is 5.90. The monoisotopic (exact) mass is 275 g/mol. The highest BCUT2D eigenvalue weighted by molar-refractivity contribution is 9.10. The first kappa shape index (κ1) is 11.9. The van der Waals surface area contributed by atoms with E-state index in [9.17, 15) is 0 Å². The molecule has 0 aliphatic heterocycles. The van der Waals surface area contributed by atoms with Crippen LogP contribution >= 0.6 is 27.5 Å². The molecule has 0 heterocycles. The summed E-state index contributed by atoms with van der Waals surface area (Å²) in [5.41, 5.74) is 2.43. The van der Waals surface area contributed by atoms with Gasteiger partial charge in [-0.2, -0.15) is 0 Å². The second-order valence-corrected chi connectivity index (χ2v) is 4.26. The predicted molar refractivity (Wildman–Crippen MR) is 67.3 cm³/mol. The maximum Gasteiger partial charge on any atom is 0.0494 e. The molecular weight excluding hydrogens is 261 g/mol. The fraction of sp³-hybridized carbons (Fsp3) is 0.455. The summed E-state index contributed by atoms with van der Waals surface area (Å²) in [6.07, 6.45) is 0. The zero-order valence-electron chi connectivity index (χ0n) is 8.56. The van der Waals surface area contributed by atoms with Crippen molar-refractivity contribution < 1.29 is 0 Å². The van der Waals surface area contributed by atoms with E-state index in [0.29, 0.717) is 5.88 Å². The maximum absolute atomic E-state index is 5.90. The molecule has 0 unspecified atom stereocenters. The van der Waals surface area contributed by atoms with Crippen molar-refractivity contribution >= 4 is 33.2 Å². The highest BCUT2D eigenvalue weighted by Crippen LogP contribution is 2.26. The van der Waals surface area contributed by atoms with Crippen LogP contribution in [0.15, 0.2) is 22.7 Å². The number of rotatable bonds is 4. The molecule has 1 aromatic rings. The average molecular weight is 277 g/mol. The summed E-state index contributed by atoms with van der Waals surface area (Å²) in [5, 5.41) is 0. The van der Waals surface area contributed by atoms with E-state index in [2.05, 4.69) is 46.8 Å². The van der Waals surface area contributed by atoms with Crippen LogP contribution in [0.25, 0.3) is 0 Å². The molecule has 0 aliphatic carbocycles. The molecule has 0 N–H and O–H groups in total. The standard InChI is InChI=1S/C11H15BrClN/c1-3-14(4-2)11-7-10(12)6-5-9(11)8-13/h5-7H,3-4,8H2,1-2H3. The van der Waals surface area contributed by atoms with Crippen molar-refractivity contribution in [3.8, 4) is 0 Å². The SMILES string of the molecule is CCN(CC)c1cc(Br)ccc1CCl. The van der Waals surface area contributed by atoms with Crippen LogP contribution in [-0.4, -0.2) is 13.1 Å². The van der Waals surface area contributed by atoms with Crippen molar-refractivity contribution in [3.05, 3.63) is 28.2 Å². The molecule has 0 radical (unpaired) electrons. The van der Waals surface area contributed by atoms with Crippen LogP contribution in [0.3, 0.4) is 0 Å². The minimum Gasteiger partial charge on any atom is -0.372 e. The summed E-state index contributed by atoms with van der Waals surface area (Å²) in [5.74, 6) is 0.569. The average Bonchev–Trinajstić information content (AvgIpc) is 2.20. The summed E-state index contributed by atoms with van der Waals surface area (Å²) in [6, 6.07) is 6.24. The molecule has 0 fully saturated rings. The third-order valence-electron chi connectivity index (χ3n) is 2.30. The van der Waals surface area contributed by atoms with Gasteiger partial charge in [0.25, 0.3) is 0 Å². The molecule has 1 nitrogen and oxygen atoms in total. The third kappa shape index (κ3) is 2.64. The Morgan fingerprint density at radius 1 is 1.29 bits per heavy atom. The lowest BCUT2D eigenvalue weighted by atomic mass is 10.2. The van der Waals surface area contributed by atoms with Crippen molar-refractivity contribution in [1.29, 1.82) is 0 Å². The van der Waals surface area contributed by atoms with Gasteiger partial charge in [0.1, 0.15) is 0 Å². The molecule has 0 aliphatic rings. The highest BCUT2D eigenvalue weighted by Gasteiger charge is 2.07. The predicted octanol–water partition coefficient (Wildman–Crippen LogP) is 4.03. The van der Waals surface area contributed by atoms with Gasteiger partial charge in [-0.05, 0) is 31.5 Å². The van der Waals surface area contributed by atoms with E-state index in [0.717, 1.165) is 17.6 Å². The zero-order valence-corrected chi connectivity index (χ0v) is 10.9. The molecule has 0 spiro atoms. The van der Waals surface area contributed by atoms with E-state index >= 15 is 0 Å². The van der Waals surface area contributed by atoms with Crippen molar-refractivity contribution in [2.24, 2.45) is 0 Å². The topological polar surface area (TPSA) is 3.24 Å². The molecule has 3 heteroatoms. The van der Waals surface area contributed by atoms with Crippen LogP contribution in [-0.2, 0) is 5.88 Å². The van der Waals surface area contributed by atoms with E-state index in [1.54, 1.807) is 0 Å². The van der Waals surface area contributed by atoms with Crippen LogP contribution in [0, 0.1) is 0 Å². The van der Waals surface area contributed by atoms with Gasteiger partial charge in [-0.3, -0.25) is 0 Å². The first-order valence-electron chi connectivity index (χ1n) is 4.82. The Balaban J connectivity index is 3.08. The Labute approximate surface area is 99.2 Å². The molecule has 0 aromatic heterocycles. The smallest absolute Gasteiger partial charge is 0.0494 e. The normalized spacial score (nSPS) is 10.3. The second kappa shape index (κ2) is 5.62. The number of benzene rings is 1. The Morgan fingerprint density at radius 2 is 1.93 bits per heavy atom. The van der Waals surface area contributed by atoms with Gasteiger partial charge in [0.15, 0.2) is 0 Å². The molecule has 0 amide bonds. The van der Waals surface area contributed by atoms with Crippen LogP contribution < -0.4 is 4.90 Å². The van der Waals surface area contributed by atoms with Crippen molar-refractivity contribution in [2.45, 2.75) is 19.7 Å². The van der Waals surface area contributed by atoms with Gasteiger partial charge >= 0.3 is 0 Å². The van der Waals surface area contributed by atoms with E-state index < -0.39 is 0 Å². The number of hydrogen-bond donors (Lipinski definition) is 0. The Hall–Kier alpha value is -0.210. The molecular formula is C11H15BrClN. The van der Waals surface area contributed by atoms with Crippen LogP contribution in [0.1, 0.15) is 19.4 Å². The lowest BCUT2D eigenvalue weighted by Crippen LogP contribution is -2.22. The fourth-order valence-corrected chi connectivity index (χ4v) is 2.08. The van der Waals surface area contributed by atoms with Crippen LogP contribution in [0.2, 0.25) is 0 Å². The summed E-state index contributed by atoms with van der Waals surface area (Å²) < 4.78 is 1.10. The van der Waals surface area contributed by atoms with Gasteiger partial charge in [-0.1, -0.05) is 22.0 Å². The van der Waals surface area contributed by atoms with E-state index in [-0.39, 0.29) is 0 Å². The molecule has 14 heavy (non-hydrogen) atoms. The molecule has 0 bridgehead atoms. The minimum absolute atomic E-state index is 0.569. The van der Waals surface area contributed by atoms with Gasteiger partial charge in [0.2, 0.25) is 0 Å². The lowest BCUT2D eigenvalue weighted by Gasteiger charge is -2.23. The number of hydrogen-bond acceptors (Lipinski definition) is 1. The largest absolute Gasteiger partial charge is 0.372 e. The number of anilines is 1. The van der Waals surface area contributed by atoms with Gasteiger partial charge in [-0.15, -0.1) is 11.6 Å². The van der Waals surface area contributed by atoms with E-state index in [4.69, 9.17) is 11.6 Å². The van der Waals surface area contributed by atoms with Gasteiger partial charge in [-0.25, -0.2) is 0 Å². The number of halogens is 2. The van der Waals surface area contributed by atoms with Crippen LogP contribution in [0.5, 0.6) is 0 Å². The number of alkyl halides is 1. The van der Waals surface area contributed by atoms with Gasteiger partial charge in [0, 0.05) is 29.1 Å². The van der Waals surface area contributed by atoms with Gasteiger partial charge < -0.3 is 4.90 Å². The highest BCUT2D eigenvalue weighted by atomic mass is 79.9. The first-order chi connectivity index (χ1) is 6.72. The Bertz CT molecular complexity index is 297. The van der Waals surface area contributed by atoms with Gasteiger partial charge in [0.05, 0.1) is 0 Å². The van der Waals surface area contributed by atoms with Crippen molar-refractivity contribution in [2.75, 3.05) is 18.0 Å². The molecule has 78 valence electrons. The molecule has 0 saturated carbocycles. The molecule has 1 rings (SSSR count).